The van der Waals surface area contributed by atoms with Crippen molar-refractivity contribution in [2.24, 2.45) is 10.8 Å². The van der Waals surface area contributed by atoms with Crippen LogP contribution in [0.4, 0.5) is 0 Å². The Morgan fingerprint density at radius 2 is 1.00 bits per heavy atom. The molecule has 0 atom stereocenters. The van der Waals surface area contributed by atoms with Crippen LogP contribution in [0.2, 0.25) is 0 Å². The van der Waals surface area contributed by atoms with Gasteiger partial charge in [0.25, 0.3) is 0 Å². The van der Waals surface area contributed by atoms with E-state index in [1.54, 1.807) is 7.11 Å². The van der Waals surface area contributed by atoms with Crippen LogP contribution in [0.15, 0.2) is 24.3 Å². The first-order valence-corrected chi connectivity index (χ1v) is 13.6. The van der Waals surface area contributed by atoms with E-state index < -0.39 is 0 Å². The summed E-state index contributed by atoms with van der Waals surface area (Å²) >= 11 is 0. The highest BCUT2D eigenvalue weighted by Crippen LogP contribution is 2.47. The topological polar surface area (TPSA) is 52.9 Å². The van der Waals surface area contributed by atoms with Gasteiger partial charge in [0.05, 0.1) is 6.61 Å². The van der Waals surface area contributed by atoms with Crippen molar-refractivity contribution in [2.75, 3.05) is 20.3 Å². The Bertz CT molecular complexity index is 1000. The Balaban J connectivity index is 2.55. The first-order valence-electron chi connectivity index (χ1n) is 13.6. The lowest BCUT2D eigenvalue weighted by molar-refractivity contribution is 0.138. The third-order valence-electron chi connectivity index (χ3n) is 9.16. The van der Waals surface area contributed by atoms with Crippen LogP contribution in [-0.4, -0.2) is 35.4 Å². The molecule has 0 spiro atoms. The molecule has 0 saturated carbocycles. The van der Waals surface area contributed by atoms with E-state index in [1.165, 1.54) is 0 Å². The highest BCUT2D eigenvalue weighted by molar-refractivity contribution is 5.49. The molecule has 0 aliphatic rings. The Labute approximate surface area is 227 Å². The van der Waals surface area contributed by atoms with Crippen LogP contribution in [0, 0.1) is 24.7 Å². The number of ether oxygens (including phenoxy) is 1. The lowest BCUT2D eigenvalue weighted by atomic mass is 9.64. The van der Waals surface area contributed by atoms with Gasteiger partial charge in [-0.05, 0) is 35.5 Å². The summed E-state index contributed by atoms with van der Waals surface area (Å²) in [5.74, 6) is 0.743. The maximum Gasteiger partial charge on any atom is 0.123 e. The van der Waals surface area contributed by atoms with Crippen LogP contribution in [-0.2, 0) is 28.7 Å². The summed E-state index contributed by atoms with van der Waals surface area (Å²) in [7, 11) is 1.71. The summed E-state index contributed by atoms with van der Waals surface area (Å²) in [6.07, 6.45) is 0. The van der Waals surface area contributed by atoms with Gasteiger partial charge in [-0.3, -0.25) is 4.90 Å². The number of aromatic hydroxyl groups is 2. The van der Waals surface area contributed by atoms with Crippen LogP contribution in [0.5, 0.6) is 11.5 Å². The van der Waals surface area contributed by atoms with E-state index in [2.05, 4.69) is 112 Å². The Kier molecular flexibility index (Phi) is 9.25. The highest BCUT2D eigenvalue weighted by atomic mass is 16.5. The molecule has 0 radical (unpaired) electrons. The van der Waals surface area contributed by atoms with Gasteiger partial charge in [-0.2, -0.15) is 0 Å². The van der Waals surface area contributed by atoms with Crippen LogP contribution in [0.1, 0.15) is 103 Å². The molecule has 0 aliphatic carbocycles. The zero-order valence-electron chi connectivity index (χ0n) is 25.9. The third-order valence-corrected chi connectivity index (χ3v) is 9.16. The number of phenolic OH excluding ortho intramolecular Hbond substituents is 2. The van der Waals surface area contributed by atoms with E-state index in [0.717, 1.165) is 33.4 Å². The number of aryl methyl sites for hydroxylation is 2. The Hall–Kier alpha value is -2.04. The number of benzene rings is 2. The largest absolute Gasteiger partial charge is 0.507 e. The molecule has 0 saturated heterocycles. The molecule has 0 aromatic heterocycles. The fourth-order valence-electron chi connectivity index (χ4n) is 4.63. The number of hydrogen-bond acceptors (Lipinski definition) is 4. The van der Waals surface area contributed by atoms with E-state index in [1.807, 2.05) is 0 Å². The molecule has 0 amide bonds. The van der Waals surface area contributed by atoms with E-state index in [-0.39, 0.29) is 21.7 Å². The third kappa shape index (κ3) is 6.70. The number of hydrogen-bond donors (Lipinski definition) is 2. The molecular weight excluding hydrogens is 458 g/mol. The molecule has 2 aromatic rings. The van der Waals surface area contributed by atoms with Crippen LogP contribution >= 0.6 is 0 Å². The van der Waals surface area contributed by atoms with Crippen LogP contribution in [0.25, 0.3) is 0 Å². The molecule has 4 heteroatoms. The maximum atomic E-state index is 11.5. The van der Waals surface area contributed by atoms with Gasteiger partial charge in [-0.1, -0.05) is 105 Å². The van der Waals surface area contributed by atoms with Crippen molar-refractivity contribution < 1.29 is 14.9 Å². The molecule has 0 bridgehead atoms. The highest BCUT2D eigenvalue weighted by Gasteiger charge is 2.38. The Morgan fingerprint density at radius 1 is 0.649 bits per heavy atom. The second-order valence-electron chi connectivity index (χ2n) is 14.1. The molecule has 2 aromatic carbocycles. The van der Waals surface area contributed by atoms with Crippen molar-refractivity contribution in [3.63, 3.8) is 0 Å². The van der Waals surface area contributed by atoms with E-state index in [9.17, 15) is 10.2 Å². The molecule has 0 unspecified atom stereocenters. The molecule has 0 aliphatic heterocycles. The zero-order valence-corrected chi connectivity index (χ0v) is 25.9. The van der Waals surface area contributed by atoms with E-state index in [0.29, 0.717) is 37.7 Å². The van der Waals surface area contributed by atoms with Crippen molar-refractivity contribution in [1.82, 2.24) is 4.90 Å². The quantitative estimate of drug-likeness (QED) is 0.358. The molecule has 2 rings (SSSR count). The van der Waals surface area contributed by atoms with Gasteiger partial charge in [-0.15, -0.1) is 0 Å². The van der Waals surface area contributed by atoms with Gasteiger partial charge in [-0.25, -0.2) is 0 Å². The number of nitrogens with zero attached hydrogens (tertiary/aromatic N) is 1. The second-order valence-corrected chi connectivity index (χ2v) is 14.1. The zero-order chi connectivity index (χ0) is 28.6. The van der Waals surface area contributed by atoms with E-state index >= 15 is 0 Å². The van der Waals surface area contributed by atoms with Gasteiger partial charge < -0.3 is 14.9 Å². The maximum absolute atomic E-state index is 11.5. The van der Waals surface area contributed by atoms with Gasteiger partial charge in [0.2, 0.25) is 0 Å². The average molecular weight is 512 g/mol. The fourth-order valence-corrected chi connectivity index (χ4v) is 4.63. The van der Waals surface area contributed by atoms with Crippen LogP contribution in [0.3, 0.4) is 0 Å². The second kappa shape index (κ2) is 11.0. The molecule has 208 valence electrons. The fraction of sp³-hybridized carbons (Fsp3) is 0.636. The predicted molar refractivity (Wildman–Crippen MR) is 157 cm³/mol. The normalized spacial score (nSPS) is 13.5. The molecule has 2 N–H and O–H groups in total. The smallest absolute Gasteiger partial charge is 0.123 e. The number of methoxy groups -OCH3 is 1. The summed E-state index contributed by atoms with van der Waals surface area (Å²) in [4.78, 5) is 2.26. The minimum absolute atomic E-state index is 0.0190. The number of phenols is 2. The van der Waals surface area contributed by atoms with E-state index in [4.69, 9.17) is 4.74 Å². The summed E-state index contributed by atoms with van der Waals surface area (Å²) in [6, 6.07) is 8.41. The first-order chi connectivity index (χ1) is 16.7. The van der Waals surface area contributed by atoms with Crippen molar-refractivity contribution in [3.05, 3.63) is 57.6 Å². The van der Waals surface area contributed by atoms with Crippen molar-refractivity contribution in [2.45, 2.75) is 107 Å². The first kappa shape index (κ1) is 31.2. The monoisotopic (exact) mass is 511 g/mol. The van der Waals surface area contributed by atoms with Crippen LogP contribution < -0.4 is 0 Å². The molecular formula is C33H53NO3. The van der Waals surface area contributed by atoms with Crippen molar-refractivity contribution >= 4 is 0 Å². The van der Waals surface area contributed by atoms with Gasteiger partial charge in [0.15, 0.2) is 0 Å². The SMILES string of the molecule is COCCN(Cc1cc(C)cc(C(C)(C)C(C)(C)C)c1O)Cc1cc(C)cc(C(C)(C)C(C)(C)C)c1O. The summed E-state index contributed by atoms with van der Waals surface area (Å²) < 4.78 is 5.43. The predicted octanol–water partition coefficient (Wildman–Crippen LogP) is 8.01. The molecule has 4 nitrogen and oxygen atoms in total. The minimum atomic E-state index is -0.211. The minimum Gasteiger partial charge on any atom is -0.507 e. The van der Waals surface area contributed by atoms with Gasteiger partial charge in [0, 0.05) is 49.0 Å². The molecule has 0 fully saturated rings. The summed E-state index contributed by atoms with van der Waals surface area (Å²) in [5.41, 5.74) is 5.60. The number of rotatable bonds is 9. The Morgan fingerprint density at radius 3 is 1.30 bits per heavy atom. The van der Waals surface area contributed by atoms with Gasteiger partial charge >= 0.3 is 0 Å². The lowest BCUT2D eigenvalue weighted by Gasteiger charge is -2.40. The lowest BCUT2D eigenvalue weighted by Crippen LogP contribution is -2.35. The molecule has 0 heterocycles. The average Bonchev–Trinajstić information content (AvgIpc) is 2.74. The van der Waals surface area contributed by atoms with Gasteiger partial charge in [0.1, 0.15) is 11.5 Å². The summed E-state index contributed by atoms with van der Waals surface area (Å²) in [6.45, 7) is 28.7. The standard InChI is InChI=1S/C33H53NO3/c1-22-16-24(28(35)26(18-22)32(9,10)30(3,4)5)20-34(14-15-37-13)21-25-17-23(2)19-27(29(25)36)33(11,12)31(6,7)8/h16-19,35-36H,14-15,20-21H2,1-13H3. The van der Waals surface area contributed by atoms with Crippen molar-refractivity contribution in [1.29, 1.82) is 0 Å². The van der Waals surface area contributed by atoms with Crippen molar-refractivity contribution in [3.8, 4) is 11.5 Å². The molecule has 37 heavy (non-hydrogen) atoms. The summed E-state index contributed by atoms with van der Waals surface area (Å²) in [5, 5.41) is 23.0.